The summed E-state index contributed by atoms with van der Waals surface area (Å²) in [7, 11) is -2.04. The van der Waals surface area contributed by atoms with E-state index in [0.29, 0.717) is 30.2 Å². The van der Waals surface area contributed by atoms with Crippen LogP contribution in [-0.4, -0.2) is 36.7 Å². The summed E-state index contributed by atoms with van der Waals surface area (Å²) in [6, 6.07) is 0.672. The van der Waals surface area contributed by atoms with E-state index < -0.39 is 16.1 Å². The molecule has 1 unspecified atom stereocenters. The van der Waals surface area contributed by atoms with Gasteiger partial charge >= 0.3 is 0 Å². The predicted molar refractivity (Wildman–Crippen MR) is 82.5 cm³/mol. The van der Waals surface area contributed by atoms with E-state index >= 15 is 0 Å². The Balaban J connectivity index is 1.79. The lowest BCUT2D eigenvalue weighted by molar-refractivity contribution is -0.118. The normalized spacial score (nSPS) is 18.8. The maximum Gasteiger partial charge on any atom is 0.245 e. The summed E-state index contributed by atoms with van der Waals surface area (Å²) in [5, 5.41) is 4.03. The Morgan fingerprint density at radius 1 is 1.39 bits per heavy atom. The Kier molecular flexibility index (Phi) is 3.77. The number of sulfonamides is 1. The summed E-state index contributed by atoms with van der Waals surface area (Å²) in [6.07, 6.45) is 3.71. The first-order valence-electron chi connectivity index (χ1n) is 7.17. The molecule has 1 saturated heterocycles. The Labute approximate surface area is 134 Å². The summed E-state index contributed by atoms with van der Waals surface area (Å²) >= 11 is 0. The summed E-state index contributed by atoms with van der Waals surface area (Å²) in [4.78, 5) is 14.1. The molecule has 1 aliphatic heterocycles. The van der Waals surface area contributed by atoms with Crippen LogP contribution in [0.3, 0.4) is 0 Å². The van der Waals surface area contributed by atoms with Gasteiger partial charge in [0.2, 0.25) is 15.9 Å². The number of anilines is 1. The molecule has 23 heavy (non-hydrogen) atoms. The summed E-state index contributed by atoms with van der Waals surface area (Å²) < 4.78 is 34.2. The molecular formula is C14H18N4O4S. The van der Waals surface area contributed by atoms with E-state index in [2.05, 4.69) is 9.82 Å². The maximum atomic E-state index is 12.5. The lowest BCUT2D eigenvalue weighted by Crippen LogP contribution is -2.41. The van der Waals surface area contributed by atoms with Crippen molar-refractivity contribution in [1.29, 1.82) is 0 Å². The number of hydrogen-bond donors (Lipinski definition) is 1. The highest BCUT2D eigenvalue weighted by Crippen LogP contribution is 2.24. The second-order valence-corrected chi connectivity index (χ2v) is 7.28. The van der Waals surface area contributed by atoms with Crippen LogP contribution in [0.1, 0.15) is 17.9 Å². The number of amides is 1. The SMILES string of the molecule is Cc1cc(S(=O)(=O)NC2CCN(c3cnn(C)c3)C2=O)c(C)o1. The van der Waals surface area contributed by atoms with E-state index in [4.69, 9.17) is 4.42 Å². The van der Waals surface area contributed by atoms with Crippen molar-refractivity contribution in [3.05, 3.63) is 30.0 Å². The number of hydrogen-bond acceptors (Lipinski definition) is 5. The molecule has 1 aliphatic rings. The molecule has 0 aliphatic carbocycles. The molecule has 1 fully saturated rings. The van der Waals surface area contributed by atoms with Gasteiger partial charge in [0, 0.05) is 19.8 Å². The fourth-order valence-corrected chi connectivity index (χ4v) is 4.18. The van der Waals surface area contributed by atoms with Gasteiger partial charge in [0.15, 0.2) is 0 Å². The largest absolute Gasteiger partial charge is 0.465 e. The zero-order valence-electron chi connectivity index (χ0n) is 13.1. The van der Waals surface area contributed by atoms with Crippen LogP contribution in [0.5, 0.6) is 0 Å². The zero-order chi connectivity index (χ0) is 16.8. The molecule has 0 bridgehead atoms. The van der Waals surface area contributed by atoms with Crippen molar-refractivity contribution < 1.29 is 17.6 Å². The molecule has 0 radical (unpaired) electrons. The third-order valence-electron chi connectivity index (χ3n) is 3.79. The number of furan rings is 1. The number of nitrogens with one attached hydrogen (secondary N) is 1. The van der Waals surface area contributed by atoms with Crippen LogP contribution in [-0.2, 0) is 21.9 Å². The number of aromatic nitrogens is 2. The van der Waals surface area contributed by atoms with Crippen molar-refractivity contribution in [2.75, 3.05) is 11.4 Å². The average Bonchev–Trinajstić information content (AvgIpc) is 3.12. The predicted octanol–water partition coefficient (Wildman–Crippen LogP) is 0.714. The molecule has 8 nitrogen and oxygen atoms in total. The quantitative estimate of drug-likeness (QED) is 0.885. The number of aryl methyl sites for hydroxylation is 3. The fraction of sp³-hybridized carbons (Fsp3) is 0.429. The van der Waals surface area contributed by atoms with Crippen LogP contribution in [0.4, 0.5) is 5.69 Å². The van der Waals surface area contributed by atoms with E-state index in [1.54, 1.807) is 38.0 Å². The second kappa shape index (κ2) is 5.50. The Bertz CT molecular complexity index is 852. The van der Waals surface area contributed by atoms with Gasteiger partial charge in [0.05, 0.1) is 11.9 Å². The molecule has 124 valence electrons. The van der Waals surface area contributed by atoms with Gasteiger partial charge in [0.25, 0.3) is 0 Å². The Morgan fingerprint density at radius 2 is 2.13 bits per heavy atom. The molecular weight excluding hydrogens is 320 g/mol. The van der Waals surface area contributed by atoms with Crippen LogP contribution in [0, 0.1) is 13.8 Å². The minimum Gasteiger partial charge on any atom is -0.465 e. The topological polar surface area (TPSA) is 97.4 Å². The zero-order valence-corrected chi connectivity index (χ0v) is 13.9. The molecule has 1 N–H and O–H groups in total. The van der Waals surface area contributed by atoms with Crippen molar-refractivity contribution in [2.24, 2.45) is 7.05 Å². The third kappa shape index (κ3) is 2.89. The van der Waals surface area contributed by atoms with Crippen molar-refractivity contribution in [1.82, 2.24) is 14.5 Å². The number of carbonyl (C=O) groups is 1. The minimum absolute atomic E-state index is 0.0719. The van der Waals surface area contributed by atoms with Crippen molar-refractivity contribution >= 4 is 21.6 Å². The number of nitrogens with zero attached hydrogens (tertiary/aromatic N) is 3. The maximum absolute atomic E-state index is 12.5. The highest BCUT2D eigenvalue weighted by atomic mass is 32.2. The van der Waals surface area contributed by atoms with Crippen LogP contribution in [0.2, 0.25) is 0 Å². The lowest BCUT2D eigenvalue weighted by Gasteiger charge is -2.15. The second-order valence-electron chi connectivity index (χ2n) is 5.60. The van der Waals surface area contributed by atoms with Gasteiger partial charge in [-0.25, -0.2) is 8.42 Å². The molecule has 3 rings (SSSR count). The minimum atomic E-state index is -3.80. The smallest absolute Gasteiger partial charge is 0.245 e. The summed E-state index contributed by atoms with van der Waals surface area (Å²) in [5.41, 5.74) is 0.662. The molecule has 1 amide bonds. The Morgan fingerprint density at radius 3 is 2.70 bits per heavy atom. The van der Waals surface area contributed by atoms with Crippen molar-refractivity contribution in [2.45, 2.75) is 31.2 Å². The van der Waals surface area contributed by atoms with Crippen LogP contribution >= 0.6 is 0 Å². The number of rotatable bonds is 4. The molecule has 2 aromatic rings. The first kappa shape index (κ1) is 15.8. The first-order chi connectivity index (χ1) is 10.8. The van der Waals surface area contributed by atoms with E-state index in [9.17, 15) is 13.2 Å². The van der Waals surface area contributed by atoms with Gasteiger partial charge in [-0.2, -0.15) is 9.82 Å². The van der Waals surface area contributed by atoms with Gasteiger partial charge in [-0.05, 0) is 26.3 Å². The van der Waals surface area contributed by atoms with Crippen LogP contribution in [0.15, 0.2) is 27.8 Å². The van der Waals surface area contributed by atoms with Gasteiger partial charge < -0.3 is 9.32 Å². The molecule has 0 aromatic carbocycles. The lowest BCUT2D eigenvalue weighted by atomic mass is 10.3. The molecule has 3 heterocycles. The van der Waals surface area contributed by atoms with Crippen molar-refractivity contribution in [3.8, 4) is 0 Å². The fourth-order valence-electron chi connectivity index (χ4n) is 2.72. The van der Waals surface area contributed by atoms with Gasteiger partial charge in [-0.15, -0.1) is 0 Å². The standard InChI is InChI=1S/C14H18N4O4S/c1-9-6-13(10(2)22-9)23(20,21)16-12-4-5-18(14(12)19)11-7-15-17(3)8-11/h6-8,12,16H,4-5H2,1-3H3. The Hall–Kier alpha value is -2.13. The highest BCUT2D eigenvalue weighted by molar-refractivity contribution is 7.89. The van der Waals surface area contributed by atoms with Gasteiger partial charge in [-0.1, -0.05) is 0 Å². The van der Waals surface area contributed by atoms with Gasteiger partial charge in [0.1, 0.15) is 22.5 Å². The summed E-state index contributed by atoms with van der Waals surface area (Å²) in [5.74, 6) is 0.543. The van der Waals surface area contributed by atoms with E-state index in [1.165, 1.54) is 11.0 Å². The molecule has 0 spiro atoms. The molecule has 2 aromatic heterocycles. The average molecular weight is 338 g/mol. The van der Waals surface area contributed by atoms with Crippen LogP contribution < -0.4 is 9.62 Å². The summed E-state index contributed by atoms with van der Waals surface area (Å²) in [6.45, 7) is 3.71. The third-order valence-corrected chi connectivity index (χ3v) is 5.37. The van der Waals surface area contributed by atoms with Crippen LogP contribution in [0.25, 0.3) is 0 Å². The number of carbonyl (C=O) groups excluding carboxylic acids is 1. The van der Waals surface area contributed by atoms with E-state index in [1.807, 2.05) is 0 Å². The highest BCUT2D eigenvalue weighted by Gasteiger charge is 2.36. The molecule has 0 saturated carbocycles. The molecule has 1 atom stereocenters. The van der Waals surface area contributed by atoms with Gasteiger partial charge in [-0.3, -0.25) is 9.48 Å². The monoisotopic (exact) mass is 338 g/mol. The molecule has 9 heteroatoms. The van der Waals surface area contributed by atoms with Crippen molar-refractivity contribution in [3.63, 3.8) is 0 Å². The van der Waals surface area contributed by atoms with E-state index in [-0.39, 0.29) is 10.8 Å². The first-order valence-corrected chi connectivity index (χ1v) is 8.65. The van der Waals surface area contributed by atoms with E-state index in [0.717, 1.165) is 0 Å².